The van der Waals surface area contributed by atoms with Crippen molar-refractivity contribution >= 4 is 28.0 Å². The van der Waals surface area contributed by atoms with Gasteiger partial charge in [0, 0.05) is 10.5 Å². The highest BCUT2D eigenvalue weighted by Crippen LogP contribution is 2.25. The molecule has 0 unspecified atom stereocenters. The van der Waals surface area contributed by atoms with Gasteiger partial charge in [0.05, 0.1) is 7.11 Å². The first-order valence-corrected chi connectivity index (χ1v) is 6.77. The van der Waals surface area contributed by atoms with Gasteiger partial charge in [-0.1, -0.05) is 40.2 Å². The Morgan fingerprint density at radius 3 is 2.35 bits per heavy atom. The number of methoxy groups -OCH3 is 1. The number of halogens is 1. The third-order valence-corrected chi connectivity index (χ3v) is 3.09. The molecule has 0 saturated heterocycles. The smallest absolute Gasteiger partial charge is 0.336 e. The SMILES string of the molecule is COc1ccccc1OC(=O)C=Cc1ccc(Br)cc1. The number of rotatable bonds is 4. The number of benzene rings is 2. The number of esters is 1. The normalized spacial score (nSPS) is 10.5. The van der Waals surface area contributed by atoms with Crippen LogP contribution in [0.5, 0.6) is 11.5 Å². The Labute approximate surface area is 126 Å². The minimum absolute atomic E-state index is 0.403. The van der Waals surface area contributed by atoms with Crippen LogP contribution in [0.1, 0.15) is 5.56 Å². The molecule has 0 radical (unpaired) electrons. The van der Waals surface area contributed by atoms with Gasteiger partial charge in [0.2, 0.25) is 0 Å². The Morgan fingerprint density at radius 2 is 1.70 bits per heavy atom. The summed E-state index contributed by atoms with van der Waals surface area (Å²) in [7, 11) is 1.53. The second kappa shape index (κ2) is 6.91. The third kappa shape index (κ3) is 3.96. The molecule has 2 rings (SSSR count). The van der Waals surface area contributed by atoms with Crippen molar-refractivity contribution in [3.05, 3.63) is 64.6 Å². The van der Waals surface area contributed by atoms with Crippen LogP contribution in [0, 0.1) is 0 Å². The van der Waals surface area contributed by atoms with Crippen LogP contribution in [0.15, 0.2) is 59.1 Å². The van der Waals surface area contributed by atoms with Gasteiger partial charge in [0.25, 0.3) is 0 Å². The van der Waals surface area contributed by atoms with Crippen LogP contribution in [-0.4, -0.2) is 13.1 Å². The monoisotopic (exact) mass is 332 g/mol. The first kappa shape index (κ1) is 14.3. The van der Waals surface area contributed by atoms with E-state index in [1.54, 1.807) is 24.3 Å². The van der Waals surface area contributed by atoms with Crippen LogP contribution in [0.3, 0.4) is 0 Å². The van der Waals surface area contributed by atoms with Crippen molar-refractivity contribution in [1.82, 2.24) is 0 Å². The number of para-hydroxylation sites is 2. The van der Waals surface area contributed by atoms with Crippen molar-refractivity contribution in [2.45, 2.75) is 0 Å². The average molecular weight is 333 g/mol. The van der Waals surface area contributed by atoms with E-state index >= 15 is 0 Å². The fourth-order valence-corrected chi connectivity index (χ4v) is 1.85. The second-order valence-corrected chi connectivity index (χ2v) is 4.87. The first-order valence-electron chi connectivity index (χ1n) is 5.97. The standard InChI is InChI=1S/C16H13BrO3/c1-19-14-4-2-3-5-15(14)20-16(18)11-8-12-6-9-13(17)10-7-12/h2-11H,1H3. The Bertz CT molecular complexity index is 618. The summed E-state index contributed by atoms with van der Waals surface area (Å²) in [5.41, 5.74) is 0.921. The van der Waals surface area contributed by atoms with E-state index < -0.39 is 5.97 Å². The van der Waals surface area contributed by atoms with Crippen LogP contribution in [0.25, 0.3) is 6.08 Å². The van der Waals surface area contributed by atoms with Crippen molar-refractivity contribution in [1.29, 1.82) is 0 Å². The molecule has 2 aromatic rings. The Kier molecular flexibility index (Phi) is 4.96. The van der Waals surface area contributed by atoms with E-state index in [0.717, 1.165) is 10.0 Å². The van der Waals surface area contributed by atoms with Crippen molar-refractivity contribution < 1.29 is 14.3 Å². The van der Waals surface area contributed by atoms with Crippen LogP contribution < -0.4 is 9.47 Å². The lowest BCUT2D eigenvalue weighted by atomic mass is 10.2. The van der Waals surface area contributed by atoms with Crippen molar-refractivity contribution in [2.24, 2.45) is 0 Å². The van der Waals surface area contributed by atoms with E-state index in [1.165, 1.54) is 13.2 Å². The van der Waals surface area contributed by atoms with Gasteiger partial charge in [-0.2, -0.15) is 0 Å². The maximum atomic E-state index is 11.7. The van der Waals surface area contributed by atoms with Gasteiger partial charge in [-0.3, -0.25) is 0 Å². The molecule has 2 aromatic carbocycles. The predicted molar refractivity (Wildman–Crippen MR) is 81.8 cm³/mol. The molecule has 0 spiro atoms. The fraction of sp³-hybridized carbons (Fsp3) is 0.0625. The maximum absolute atomic E-state index is 11.7. The summed E-state index contributed by atoms with van der Waals surface area (Å²) in [6, 6.07) is 14.6. The van der Waals surface area contributed by atoms with Gasteiger partial charge >= 0.3 is 5.97 Å². The Morgan fingerprint density at radius 1 is 1.05 bits per heavy atom. The van der Waals surface area contributed by atoms with E-state index in [4.69, 9.17) is 9.47 Å². The molecule has 0 aromatic heterocycles. The lowest BCUT2D eigenvalue weighted by Gasteiger charge is -2.06. The minimum Gasteiger partial charge on any atom is -0.493 e. The van der Waals surface area contributed by atoms with Gasteiger partial charge in [-0.25, -0.2) is 4.79 Å². The third-order valence-electron chi connectivity index (χ3n) is 2.56. The van der Waals surface area contributed by atoms with Gasteiger partial charge < -0.3 is 9.47 Å². The molecule has 0 heterocycles. The zero-order chi connectivity index (χ0) is 14.4. The summed E-state index contributed by atoms with van der Waals surface area (Å²) in [5, 5.41) is 0. The summed E-state index contributed by atoms with van der Waals surface area (Å²) in [6.07, 6.45) is 3.08. The van der Waals surface area contributed by atoms with Crippen LogP contribution >= 0.6 is 15.9 Å². The molecular formula is C16H13BrO3. The van der Waals surface area contributed by atoms with Crippen molar-refractivity contribution in [3.8, 4) is 11.5 Å². The van der Waals surface area contributed by atoms with Gasteiger partial charge in [0.1, 0.15) is 0 Å². The number of ether oxygens (including phenoxy) is 2. The highest BCUT2D eigenvalue weighted by atomic mass is 79.9. The molecule has 0 aliphatic heterocycles. The summed E-state index contributed by atoms with van der Waals surface area (Å²) in [6.45, 7) is 0. The van der Waals surface area contributed by atoms with E-state index in [2.05, 4.69) is 15.9 Å². The Hall–Kier alpha value is -2.07. The molecule has 0 aliphatic rings. The molecular weight excluding hydrogens is 320 g/mol. The van der Waals surface area contributed by atoms with Crippen molar-refractivity contribution in [2.75, 3.05) is 7.11 Å². The predicted octanol–water partition coefficient (Wildman–Crippen LogP) is 4.08. The largest absolute Gasteiger partial charge is 0.493 e. The summed E-state index contributed by atoms with van der Waals surface area (Å²) >= 11 is 3.36. The Balaban J connectivity index is 2.03. The minimum atomic E-state index is -0.447. The fourth-order valence-electron chi connectivity index (χ4n) is 1.58. The second-order valence-electron chi connectivity index (χ2n) is 3.96. The molecule has 0 N–H and O–H groups in total. The van der Waals surface area contributed by atoms with E-state index in [9.17, 15) is 4.79 Å². The summed E-state index contributed by atoms with van der Waals surface area (Å²) < 4.78 is 11.3. The molecule has 0 saturated carbocycles. The molecule has 102 valence electrons. The molecule has 0 aliphatic carbocycles. The number of carbonyl (C=O) groups excluding carboxylic acids is 1. The van der Waals surface area contributed by atoms with Crippen LogP contribution in [-0.2, 0) is 4.79 Å². The highest BCUT2D eigenvalue weighted by Gasteiger charge is 2.06. The zero-order valence-electron chi connectivity index (χ0n) is 10.9. The lowest BCUT2D eigenvalue weighted by molar-refractivity contribution is -0.129. The molecule has 0 amide bonds. The number of carbonyl (C=O) groups is 1. The summed E-state index contributed by atoms with van der Waals surface area (Å²) in [5.74, 6) is 0.482. The zero-order valence-corrected chi connectivity index (χ0v) is 12.5. The van der Waals surface area contributed by atoms with E-state index in [1.807, 2.05) is 30.3 Å². The molecule has 4 heteroatoms. The first-order chi connectivity index (χ1) is 9.69. The van der Waals surface area contributed by atoms with Crippen molar-refractivity contribution in [3.63, 3.8) is 0 Å². The number of hydrogen-bond acceptors (Lipinski definition) is 3. The topological polar surface area (TPSA) is 35.5 Å². The van der Waals surface area contributed by atoms with Gasteiger partial charge in [0.15, 0.2) is 11.5 Å². The molecule has 0 fully saturated rings. The van der Waals surface area contributed by atoms with Crippen LogP contribution in [0.4, 0.5) is 0 Å². The molecule has 0 bridgehead atoms. The molecule has 0 atom stereocenters. The van der Waals surface area contributed by atoms with Gasteiger partial charge in [-0.05, 0) is 35.9 Å². The molecule has 3 nitrogen and oxygen atoms in total. The quantitative estimate of drug-likeness (QED) is 0.481. The van der Waals surface area contributed by atoms with E-state index in [0.29, 0.717) is 11.5 Å². The van der Waals surface area contributed by atoms with Crippen LogP contribution in [0.2, 0.25) is 0 Å². The lowest BCUT2D eigenvalue weighted by Crippen LogP contribution is -2.04. The average Bonchev–Trinajstić information content (AvgIpc) is 2.47. The van der Waals surface area contributed by atoms with Gasteiger partial charge in [-0.15, -0.1) is 0 Å². The summed E-state index contributed by atoms with van der Waals surface area (Å²) in [4.78, 5) is 11.7. The highest BCUT2D eigenvalue weighted by molar-refractivity contribution is 9.10. The van der Waals surface area contributed by atoms with E-state index in [-0.39, 0.29) is 0 Å². The number of hydrogen-bond donors (Lipinski definition) is 0. The maximum Gasteiger partial charge on any atom is 0.336 e. The molecule has 20 heavy (non-hydrogen) atoms.